The van der Waals surface area contributed by atoms with Gasteiger partial charge < -0.3 is 4.90 Å². The maximum Gasteiger partial charge on any atom is 0.265 e. The van der Waals surface area contributed by atoms with Crippen LogP contribution in [-0.4, -0.2) is 25.3 Å². The molecule has 5 nitrogen and oxygen atoms in total. The zero-order chi connectivity index (χ0) is 20.6. The Bertz CT molecular complexity index is 1200. The molecule has 29 heavy (non-hydrogen) atoms. The van der Waals surface area contributed by atoms with Crippen LogP contribution in [0.3, 0.4) is 0 Å². The first-order valence-corrected chi connectivity index (χ1v) is 12.7. The minimum absolute atomic E-state index is 0.236. The number of nitrogens with zero attached hydrogens (tertiary/aromatic N) is 2. The van der Waals surface area contributed by atoms with Crippen molar-refractivity contribution in [3.05, 3.63) is 58.1 Å². The van der Waals surface area contributed by atoms with E-state index in [1.54, 1.807) is 23.1 Å². The van der Waals surface area contributed by atoms with Crippen molar-refractivity contribution >= 4 is 55.2 Å². The molecule has 0 unspecified atom stereocenters. The van der Waals surface area contributed by atoms with Gasteiger partial charge in [0.2, 0.25) is 5.52 Å². The van der Waals surface area contributed by atoms with Crippen LogP contribution >= 0.6 is 23.1 Å². The maximum atomic E-state index is 11.2. The standard InChI is InChI=1S/C21H22N2O3S3/c1-3-22-16-7-4-5-8-18(16)27-20(22)14-21-23(11-6-12-29(24,25)26)17-10-9-15(2)13-19(17)28-21/h4-5,7-10,13-14H,3,6,11-12H2,1-2H3/p+1. The monoisotopic (exact) mass is 447 g/mol. The average molecular weight is 448 g/mol. The van der Waals surface area contributed by atoms with Crippen LogP contribution < -0.4 is 9.47 Å². The first kappa shape index (κ1) is 20.4. The average Bonchev–Trinajstić information content (AvgIpc) is 3.18. The summed E-state index contributed by atoms with van der Waals surface area (Å²) in [6, 6.07) is 14.7. The van der Waals surface area contributed by atoms with E-state index in [2.05, 4.69) is 71.9 Å². The third-order valence-corrected chi connectivity index (χ3v) is 7.88. The highest BCUT2D eigenvalue weighted by molar-refractivity contribution is 8.03. The molecule has 8 heteroatoms. The van der Waals surface area contributed by atoms with Crippen molar-refractivity contribution < 1.29 is 17.5 Å². The van der Waals surface area contributed by atoms with Gasteiger partial charge in [-0.3, -0.25) is 4.55 Å². The fourth-order valence-electron chi connectivity index (χ4n) is 3.55. The number of anilines is 1. The first-order chi connectivity index (χ1) is 13.9. The Kier molecular flexibility index (Phi) is 5.70. The summed E-state index contributed by atoms with van der Waals surface area (Å²) in [5, 5.41) is 2.25. The van der Waals surface area contributed by atoms with Crippen LogP contribution in [0.15, 0.2) is 52.4 Å². The van der Waals surface area contributed by atoms with Gasteiger partial charge in [0.05, 0.1) is 22.5 Å². The molecule has 0 amide bonds. The van der Waals surface area contributed by atoms with Crippen LogP contribution in [0.1, 0.15) is 23.9 Å². The lowest BCUT2D eigenvalue weighted by molar-refractivity contribution is -0.668. The molecule has 1 N–H and O–H groups in total. The largest absolute Gasteiger partial charge is 0.335 e. The molecule has 0 spiro atoms. The number of thiazole rings is 1. The SMILES string of the molecule is CCN1C(=Cc2sc3cc(C)ccc3[n+]2CCCS(=O)(=O)O)Sc2ccccc21. The second kappa shape index (κ2) is 8.10. The molecule has 2 heterocycles. The molecule has 1 aliphatic rings. The first-order valence-electron chi connectivity index (χ1n) is 9.50. The number of aromatic nitrogens is 1. The predicted molar refractivity (Wildman–Crippen MR) is 121 cm³/mol. The highest BCUT2D eigenvalue weighted by atomic mass is 32.2. The topological polar surface area (TPSA) is 61.5 Å². The minimum atomic E-state index is -3.96. The van der Waals surface area contributed by atoms with Crippen LogP contribution in [0.25, 0.3) is 16.3 Å². The Hall–Kier alpha value is -1.87. The lowest BCUT2D eigenvalue weighted by Crippen LogP contribution is -2.36. The van der Waals surface area contributed by atoms with Gasteiger partial charge in [-0.15, -0.1) is 0 Å². The number of hydrogen-bond donors (Lipinski definition) is 1. The van der Waals surface area contributed by atoms with Gasteiger partial charge in [0.25, 0.3) is 15.1 Å². The van der Waals surface area contributed by atoms with E-state index >= 15 is 0 Å². The number of rotatable bonds is 6. The lowest BCUT2D eigenvalue weighted by Gasteiger charge is -2.17. The summed E-state index contributed by atoms with van der Waals surface area (Å²) in [5.41, 5.74) is 3.51. The Morgan fingerprint density at radius 1 is 1.21 bits per heavy atom. The Morgan fingerprint density at radius 2 is 2.00 bits per heavy atom. The third-order valence-electron chi connectivity index (χ3n) is 4.87. The molecular formula is C21H23N2O3S3+. The molecular weight excluding hydrogens is 424 g/mol. The number of aryl methyl sites for hydroxylation is 2. The van der Waals surface area contributed by atoms with Crippen molar-refractivity contribution in [2.75, 3.05) is 17.2 Å². The molecule has 0 radical (unpaired) electrons. The van der Waals surface area contributed by atoms with E-state index in [0.29, 0.717) is 13.0 Å². The van der Waals surface area contributed by atoms with E-state index in [9.17, 15) is 8.42 Å². The summed E-state index contributed by atoms with van der Waals surface area (Å²) in [6.45, 7) is 5.63. The summed E-state index contributed by atoms with van der Waals surface area (Å²) in [4.78, 5) is 3.55. The van der Waals surface area contributed by atoms with Crippen molar-refractivity contribution in [2.45, 2.75) is 31.7 Å². The molecule has 152 valence electrons. The number of fused-ring (bicyclic) bond motifs is 2. The maximum absolute atomic E-state index is 11.2. The zero-order valence-electron chi connectivity index (χ0n) is 16.3. The van der Waals surface area contributed by atoms with Crippen LogP contribution in [0.4, 0.5) is 5.69 Å². The highest BCUT2D eigenvalue weighted by Gasteiger charge is 2.27. The Labute approximate surface area is 179 Å². The van der Waals surface area contributed by atoms with Gasteiger partial charge in [0.1, 0.15) is 4.70 Å². The number of hydrogen-bond acceptors (Lipinski definition) is 5. The summed E-state index contributed by atoms with van der Waals surface area (Å²) >= 11 is 3.47. The quantitative estimate of drug-likeness (QED) is 0.438. The highest BCUT2D eigenvalue weighted by Crippen LogP contribution is 2.46. The summed E-state index contributed by atoms with van der Waals surface area (Å²) in [7, 11) is -3.96. The Morgan fingerprint density at radius 3 is 2.76 bits per heavy atom. The van der Waals surface area contributed by atoms with Gasteiger partial charge in [-0.1, -0.05) is 41.3 Å². The fourth-order valence-corrected chi connectivity index (χ4v) is 6.50. The van der Waals surface area contributed by atoms with Gasteiger partial charge in [-0.2, -0.15) is 13.0 Å². The second-order valence-electron chi connectivity index (χ2n) is 7.00. The van der Waals surface area contributed by atoms with Crippen LogP contribution in [0, 0.1) is 6.92 Å². The molecule has 1 aromatic heterocycles. The van der Waals surface area contributed by atoms with Gasteiger partial charge >= 0.3 is 0 Å². The molecule has 0 aliphatic carbocycles. The van der Waals surface area contributed by atoms with Crippen LogP contribution in [0.5, 0.6) is 0 Å². The molecule has 0 atom stereocenters. The van der Waals surface area contributed by atoms with Crippen molar-refractivity contribution in [3.63, 3.8) is 0 Å². The van der Waals surface area contributed by atoms with Crippen molar-refractivity contribution in [3.8, 4) is 0 Å². The van der Waals surface area contributed by atoms with E-state index in [1.165, 1.54) is 25.9 Å². The van der Waals surface area contributed by atoms with Gasteiger partial charge in [-0.05, 0) is 37.6 Å². The minimum Gasteiger partial charge on any atom is -0.335 e. The predicted octanol–water partition coefficient (Wildman–Crippen LogP) is 4.71. The fraction of sp³-hybridized carbons (Fsp3) is 0.286. The van der Waals surface area contributed by atoms with Gasteiger partial charge in [-0.25, -0.2) is 0 Å². The van der Waals surface area contributed by atoms with Crippen molar-refractivity contribution in [1.82, 2.24) is 0 Å². The Balaban J connectivity index is 1.75. The summed E-state index contributed by atoms with van der Waals surface area (Å²) in [6.07, 6.45) is 2.56. The van der Waals surface area contributed by atoms with Crippen LogP contribution in [-0.2, 0) is 16.7 Å². The molecule has 0 fully saturated rings. The normalized spacial score (nSPS) is 15.4. The van der Waals surface area contributed by atoms with Gasteiger partial charge in [0, 0.05) is 23.9 Å². The number of benzene rings is 2. The number of para-hydroxylation sites is 1. The molecule has 0 bridgehead atoms. The molecule has 0 saturated carbocycles. The van der Waals surface area contributed by atoms with Crippen LogP contribution in [0.2, 0.25) is 0 Å². The lowest BCUT2D eigenvalue weighted by atomic mass is 10.2. The number of thioether (sulfide) groups is 1. The van der Waals surface area contributed by atoms with E-state index < -0.39 is 10.1 Å². The zero-order valence-corrected chi connectivity index (χ0v) is 18.8. The summed E-state index contributed by atoms with van der Waals surface area (Å²) in [5.74, 6) is -0.236. The van der Waals surface area contributed by atoms with Gasteiger partial charge in [0.15, 0.2) is 6.54 Å². The van der Waals surface area contributed by atoms with E-state index in [-0.39, 0.29) is 5.75 Å². The van der Waals surface area contributed by atoms with E-state index in [0.717, 1.165) is 17.1 Å². The third kappa shape index (κ3) is 4.35. The molecule has 4 rings (SSSR count). The summed E-state index contributed by atoms with van der Waals surface area (Å²) < 4.78 is 34.8. The molecule has 0 saturated heterocycles. The van der Waals surface area contributed by atoms with Crippen molar-refractivity contribution in [1.29, 1.82) is 0 Å². The van der Waals surface area contributed by atoms with Crippen molar-refractivity contribution in [2.24, 2.45) is 0 Å². The molecule has 1 aliphatic heterocycles. The van der Waals surface area contributed by atoms with E-state index in [4.69, 9.17) is 4.55 Å². The second-order valence-corrected chi connectivity index (χ2v) is 10.7. The molecule has 3 aromatic rings. The molecule has 2 aromatic carbocycles. The smallest absolute Gasteiger partial charge is 0.265 e. The van der Waals surface area contributed by atoms with E-state index in [1.807, 2.05) is 0 Å².